The van der Waals surface area contributed by atoms with E-state index in [4.69, 9.17) is 4.98 Å². The van der Waals surface area contributed by atoms with Gasteiger partial charge in [-0.1, -0.05) is 43.2 Å². The Balaban J connectivity index is 1.84. The maximum atomic E-state index is 13.0. The van der Waals surface area contributed by atoms with Crippen molar-refractivity contribution in [3.05, 3.63) is 47.7 Å². The van der Waals surface area contributed by atoms with Gasteiger partial charge in [-0.3, -0.25) is 9.48 Å². The minimum atomic E-state index is -0.0208. The van der Waals surface area contributed by atoms with Gasteiger partial charge in [-0.25, -0.2) is 4.98 Å². The van der Waals surface area contributed by atoms with Gasteiger partial charge in [0, 0.05) is 18.7 Å². The summed E-state index contributed by atoms with van der Waals surface area (Å²) in [5.41, 5.74) is 4.05. The second kappa shape index (κ2) is 6.31. The Hall–Kier alpha value is -2.69. The fourth-order valence-electron chi connectivity index (χ4n) is 3.71. The van der Waals surface area contributed by atoms with E-state index in [9.17, 15) is 4.79 Å². The van der Waals surface area contributed by atoms with Crippen molar-refractivity contribution in [1.82, 2.24) is 20.1 Å². The first kappa shape index (κ1) is 15.8. The SMILES string of the molecule is Cc1nn(C)c2nc(-c3ccccc3)cc(C(=O)NC3CCCC3)c12. The zero-order valence-electron chi connectivity index (χ0n) is 14.6. The van der Waals surface area contributed by atoms with Crippen LogP contribution in [0.5, 0.6) is 0 Å². The van der Waals surface area contributed by atoms with Gasteiger partial charge in [0.15, 0.2) is 5.65 Å². The molecule has 5 nitrogen and oxygen atoms in total. The molecule has 0 spiro atoms. The lowest BCUT2D eigenvalue weighted by Crippen LogP contribution is -2.32. The van der Waals surface area contributed by atoms with Crippen LogP contribution >= 0.6 is 0 Å². The molecule has 1 fully saturated rings. The number of aromatic nitrogens is 3. The van der Waals surface area contributed by atoms with Crippen molar-refractivity contribution in [2.75, 3.05) is 0 Å². The van der Waals surface area contributed by atoms with Crippen LogP contribution in [0.15, 0.2) is 36.4 Å². The first-order valence-corrected chi connectivity index (χ1v) is 8.84. The largest absolute Gasteiger partial charge is 0.349 e. The molecular weight excluding hydrogens is 312 g/mol. The highest BCUT2D eigenvalue weighted by molar-refractivity contribution is 6.07. The lowest BCUT2D eigenvalue weighted by molar-refractivity contribution is 0.0939. The molecule has 3 aromatic rings. The number of hydrogen-bond donors (Lipinski definition) is 1. The number of aryl methyl sites for hydroxylation is 2. The number of benzene rings is 1. The first-order chi connectivity index (χ1) is 12.1. The maximum Gasteiger partial charge on any atom is 0.252 e. The number of pyridine rings is 1. The van der Waals surface area contributed by atoms with Gasteiger partial charge in [-0.15, -0.1) is 0 Å². The summed E-state index contributed by atoms with van der Waals surface area (Å²) in [4.78, 5) is 17.7. The average molecular weight is 334 g/mol. The zero-order chi connectivity index (χ0) is 17.4. The second-order valence-electron chi connectivity index (χ2n) is 6.78. The van der Waals surface area contributed by atoms with Crippen LogP contribution in [0.1, 0.15) is 41.7 Å². The Morgan fingerprint density at radius 1 is 1.20 bits per heavy atom. The summed E-state index contributed by atoms with van der Waals surface area (Å²) in [5, 5.41) is 8.52. The summed E-state index contributed by atoms with van der Waals surface area (Å²) < 4.78 is 1.75. The van der Waals surface area contributed by atoms with Crippen molar-refractivity contribution in [2.24, 2.45) is 7.05 Å². The molecule has 5 heteroatoms. The summed E-state index contributed by atoms with van der Waals surface area (Å²) in [6, 6.07) is 12.1. The number of nitrogens with zero attached hydrogens (tertiary/aromatic N) is 3. The van der Waals surface area contributed by atoms with Crippen LogP contribution in [0.25, 0.3) is 22.3 Å². The van der Waals surface area contributed by atoms with Crippen molar-refractivity contribution in [3.63, 3.8) is 0 Å². The summed E-state index contributed by atoms with van der Waals surface area (Å²) in [5.74, 6) is -0.0208. The lowest BCUT2D eigenvalue weighted by Gasteiger charge is -2.13. The van der Waals surface area contributed by atoms with Gasteiger partial charge in [0.2, 0.25) is 0 Å². The highest BCUT2D eigenvalue weighted by atomic mass is 16.1. The molecule has 0 unspecified atom stereocenters. The topological polar surface area (TPSA) is 59.8 Å². The van der Waals surface area contributed by atoms with Crippen molar-refractivity contribution in [3.8, 4) is 11.3 Å². The number of rotatable bonds is 3. The van der Waals surface area contributed by atoms with E-state index < -0.39 is 0 Å². The number of amides is 1. The van der Waals surface area contributed by atoms with Gasteiger partial charge >= 0.3 is 0 Å². The van der Waals surface area contributed by atoms with Crippen LogP contribution in [0.3, 0.4) is 0 Å². The minimum absolute atomic E-state index is 0.0208. The van der Waals surface area contributed by atoms with Gasteiger partial charge in [0.25, 0.3) is 5.91 Å². The van der Waals surface area contributed by atoms with E-state index in [1.165, 1.54) is 12.8 Å². The predicted molar refractivity (Wildman–Crippen MR) is 98.4 cm³/mol. The number of fused-ring (bicyclic) bond motifs is 1. The maximum absolute atomic E-state index is 13.0. The summed E-state index contributed by atoms with van der Waals surface area (Å²) in [6.45, 7) is 1.93. The zero-order valence-corrected chi connectivity index (χ0v) is 14.6. The molecule has 0 bridgehead atoms. The van der Waals surface area contributed by atoms with Gasteiger partial charge < -0.3 is 5.32 Å². The van der Waals surface area contributed by atoms with Crippen molar-refractivity contribution in [2.45, 2.75) is 38.6 Å². The monoisotopic (exact) mass is 334 g/mol. The van der Waals surface area contributed by atoms with Crippen LogP contribution in [-0.4, -0.2) is 26.7 Å². The molecule has 0 saturated heterocycles. The number of carbonyl (C=O) groups excluding carboxylic acids is 1. The molecule has 1 aliphatic carbocycles. The van der Waals surface area contributed by atoms with Gasteiger partial charge in [0.05, 0.1) is 22.3 Å². The molecule has 1 aliphatic rings. The minimum Gasteiger partial charge on any atom is -0.349 e. The van der Waals surface area contributed by atoms with E-state index in [0.717, 1.165) is 40.8 Å². The molecule has 128 valence electrons. The summed E-state index contributed by atoms with van der Waals surface area (Å²) in [6.07, 6.45) is 4.52. The predicted octanol–water partition coefficient (Wildman–Crippen LogP) is 3.62. The summed E-state index contributed by atoms with van der Waals surface area (Å²) >= 11 is 0. The van der Waals surface area contributed by atoms with Gasteiger partial charge in [-0.05, 0) is 25.8 Å². The second-order valence-corrected chi connectivity index (χ2v) is 6.78. The molecule has 1 aromatic carbocycles. The van der Waals surface area contributed by atoms with Crippen LogP contribution in [0, 0.1) is 6.92 Å². The molecule has 0 aliphatic heterocycles. The van der Waals surface area contributed by atoms with E-state index in [1.54, 1.807) is 4.68 Å². The molecule has 4 rings (SSSR count). The molecule has 25 heavy (non-hydrogen) atoms. The quantitative estimate of drug-likeness (QED) is 0.796. The Morgan fingerprint density at radius 3 is 2.64 bits per heavy atom. The number of nitrogens with one attached hydrogen (secondary N) is 1. The number of carbonyl (C=O) groups is 1. The molecule has 2 heterocycles. The summed E-state index contributed by atoms with van der Waals surface area (Å²) in [7, 11) is 1.87. The average Bonchev–Trinajstić information content (AvgIpc) is 3.23. The first-order valence-electron chi connectivity index (χ1n) is 8.84. The number of hydrogen-bond acceptors (Lipinski definition) is 3. The van der Waals surface area contributed by atoms with E-state index in [2.05, 4.69) is 10.4 Å². The molecule has 1 amide bonds. The van der Waals surface area contributed by atoms with E-state index >= 15 is 0 Å². The van der Waals surface area contributed by atoms with Crippen LogP contribution in [0.4, 0.5) is 0 Å². The van der Waals surface area contributed by atoms with Crippen molar-refractivity contribution >= 4 is 16.9 Å². The van der Waals surface area contributed by atoms with Crippen LogP contribution < -0.4 is 5.32 Å². The van der Waals surface area contributed by atoms with Gasteiger partial charge in [0.1, 0.15) is 0 Å². The fraction of sp³-hybridized carbons (Fsp3) is 0.350. The fourth-order valence-corrected chi connectivity index (χ4v) is 3.71. The third kappa shape index (κ3) is 2.90. The molecule has 0 radical (unpaired) electrons. The van der Waals surface area contributed by atoms with E-state index in [1.807, 2.05) is 50.4 Å². The molecule has 1 N–H and O–H groups in total. The Morgan fingerprint density at radius 2 is 1.92 bits per heavy atom. The van der Waals surface area contributed by atoms with E-state index in [-0.39, 0.29) is 11.9 Å². The van der Waals surface area contributed by atoms with Gasteiger partial charge in [-0.2, -0.15) is 5.10 Å². The lowest BCUT2D eigenvalue weighted by atomic mass is 10.0. The van der Waals surface area contributed by atoms with Crippen LogP contribution in [-0.2, 0) is 7.05 Å². The van der Waals surface area contributed by atoms with Crippen molar-refractivity contribution < 1.29 is 4.79 Å². The standard InChI is InChI=1S/C20H22N4O/c1-13-18-16(20(25)21-15-10-6-7-11-15)12-17(14-8-4-3-5-9-14)22-19(18)24(2)23-13/h3-5,8-9,12,15H,6-7,10-11H2,1-2H3,(H,21,25). The molecular formula is C20H22N4O. The molecule has 2 aromatic heterocycles. The van der Waals surface area contributed by atoms with E-state index in [0.29, 0.717) is 5.56 Å². The molecule has 1 saturated carbocycles. The normalized spacial score (nSPS) is 15.0. The smallest absolute Gasteiger partial charge is 0.252 e. The molecule has 0 atom stereocenters. The highest BCUT2D eigenvalue weighted by Gasteiger charge is 2.22. The third-order valence-electron chi connectivity index (χ3n) is 4.97. The third-order valence-corrected chi connectivity index (χ3v) is 4.97. The Labute approximate surface area is 147 Å². The Kier molecular flexibility index (Phi) is 3.99. The van der Waals surface area contributed by atoms with Crippen molar-refractivity contribution in [1.29, 1.82) is 0 Å². The Bertz CT molecular complexity index is 924. The van der Waals surface area contributed by atoms with Crippen LogP contribution in [0.2, 0.25) is 0 Å². The highest BCUT2D eigenvalue weighted by Crippen LogP contribution is 2.27.